The smallest absolute Gasteiger partial charge is 0.338 e. The number of hydrogen-bond donors (Lipinski definition) is 1. The maximum absolute atomic E-state index is 12.4. The number of para-hydroxylation sites is 1. The predicted molar refractivity (Wildman–Crippen MR) is 106 cm³/mol. The van der Waals surface area contributed by atoms with Gasteiger partial charge in [-0.15, -0.1) is 0 Å². The molecule has 5 heteroatoms. The van der Waals surface area contributed by atoms with Crippen LogP contribution in [0.4, 0.5) is 5.69 Å². The van der Waals surface area contributed by atoms with Gasteiger partial charge in [-0.2, -0.15) is 0 Å². The maximum atomic E-state index is 12.4. The van der Waals surface area contributed by atoms with Crippen molar-refractivity contribution in [3.63, 3.8) is 0 Å². The van der Waals surface area contributed by atoms with Gasteiger partial charge in [0.25, 0.3) is 5.91 Å². The lowest BCUT2D eigenvalue weighted by atomic mass is 10.0. The number of ether oxygens (including phenoxy) is 2. The molecular formula is C22H27NO4. The van der Waals surface area contributed by atoms with E-state index in [9.17, 15) is 9.59 Å². The van der Waals surface area contributed by atoms with Crippen LogP contribution in [0.15, 0.2) is 48.5 Å². The molecule has 0 aromatic heterocycles. The number of benzene rings is 2. The van der Waals surface area contributed by atoms with E-state index in [1.165, 1.54) is 0 Å². The first-order valence-corrected chi connectivity index (χ1v) is 9.26. The molecule has 0 unspecified atom stereocenters. The molecule has 0 bridgehead atoms. The summed E-state index contributed by atoms with van der Waals surface area (Å²) in [6.45, 7) is 8.32. The van der Waals surface area contributed by atoms with Gasteiger partial charge < -0.3 is 14.8 Å². The predicted octanol–water partition coefficient (Wildman–Crippen LogP) is 4.78. The van der Waals surface area contributed by atoms with Crippen LogP contribution in [0.1, 0.15) is 56.0 Å². The molecule has 0 fully saturated rings. The minimum atomic E-state index is -0.909. The topological polar surface area (TPSA) is 64.6 Å². The largest absolute Gasteiger partial charge is 0.494 e. The summed E-state index contributed by atoms with van der Waals surface area (Å²) in [7, 11) is 0. The van der Waals surface area contributed by atoms with Crippen LogP contribution in [0.25, 0.3) is 0 Å². The molecule has 27 heavy (non-hydrogen) atoms. The van der Waals surface area contributed by atoms with E-state index in [0.29, 0.717) is 17.9 Å². The minimum absolute atomic E-state index is 0.271. The number of amides is 1. The number of anilines is 1. The third-order valence-electron chi connectivity index (χ3n) is 4.06. The summed E-state index contributed by atoms with van der Waals surface area (Å²) in [4.78, 5) is 24.7. The molecule has 0 heterocycles. The fourth-order valence-corrected chi connectivity index (χ4v) is 2.54. The average Bonchev–Trinajstić information content (AvgIpc) is 2.66. The highest BCUT2D eigenvalue weighted by molar-refractivity contribution is 5.97. The molecule has 144 valence electrons. The van der Waals surface area contributed by atoms with Gasteiger partial charge >= 0.3 is 5.97 Å². The molecule has 0 saturated heterocycles. The number of rotatable bonds is 8. The Kier molecular flexibility index (Phi) is 7.41. The Balaban J connectivity index is 1.96. The molecule has 0 aliphatic rings. The standard InChI is InChI=1S/C22H27NO4/c1-5-14-26-18-12-10-17(11-13-18)22(25)27-16(4)21(24)23-20-9-7-6-8-19(20)15(2)3/h6-13,15-16H,5,14H2,1-4H3,(H,23,24)/t16-/m0/s1. The van der Waals surface area contributed by atoms with Crippen LogP contribution in [0.5, 0.6) is 5.75 Å². The first kappa shape index (κ1) is 20.5. The van der Waals surface area contributed by atoms with Crippen molar-refractivity contribution in [2.75, 3.05) is 11.9 Å². The fraction of sp³-hybridized carbons (Fsp3) is 0.364. The second-order valence-electron chi connectivity index (χ2n) is 6.65. The molecule has 0 saturated carbocycles. The maximum Gasteiger partial charge on any atom is 0.338 e. The Labute approximate surface area is 160 Å². The first-order valence-electron chi connectivity index (χ1n) is 9.26. The van der Waals surface area contributed by atoms with E-state index in [1.807, 2.05) is 31.2 Å². The Morgan fingerprint density at radius 1 is 1.00 bits per heavy atom. The van der Waals surface area contributed by atoms with Gasteiger partial charge in [0.05, 0.1) is 12.2 Å². The molecule has 1 amide bonds. The Bertz CT molecular complexity index is 768. The lowest BCUT2D eigenvalue weighted by molar-refractivity contribution is -0.123. The Morgan fingerprint density at radius 2 is 1.67 bits per heavy atom. The molecule has 0 spiro atoms. The van der Waals surface area contributed by atoms with Crippen LogP contribution in [0.3, 0.4) is 0 Å². The minimum Gasteiger partial charge on any atom is -0.494 e. The molecule has 2 aromatic rings. The molecular weight excluding hydrogens is 342 g/mol. The summed E-state index contributed by atoms with van der Waals surface area (Å²) in [6.07, 6.45) is 0.00448. The van der Waals surface area contributed by atoms with Gasteiger partial charge in [0.1, 0.15) is 5.75 Å². The monoisotopic (exact) mass is 369 g/mol. The third-order valence-corrected chi connectivity index (χ3v) is 4.06. The molecule has 0 aliphatic carbocycles. The van der Waals surface area contributed by atoms with E-state index in [-0.39, 0.29) is 11.8 Å². The first-order chi connectivity index (χ1) is 12.9. The van der Waals surface area contributed by atoms with Crippen LogP contribution < -0.4 is 10.1 Å². The molecule has 1 N–H and O–H groups in total. The second-order valence-corrected chi connectivity index (χ2v) is 6.65. The van der Waals surface area contributed by atoms with Crippen LogP contribution in [-0.2, 0) is 9.53 Å². The van der Waals surface area contributed by atoms with Crippen molar-refractivity contribution in [2.24, 2.45) is 0 Å². The van der Waals surface area contributed by atoms with Gasteiger partial charge in [-0.05, 0) is 55.2 Å². The number of nitrogens with one attached hydrogen (secondary N) is 1. The van der Waals surface area contributed by atoms with Gasteiger partial charge in [-0.3, -0.25) is 4.79 Å². The fourth-order valence-electron chi connectivity index (χ4n) is 2.54. The average molecular weight is 369 g/mol. The summed E-state index contributed by atoms with van der Waals surface area (Å²) in [5.41, 5.74) is 2.14. The molecule has 5 nitrogen and oxygen atoms in total. The van der Waals surface area contributed by atoms with Crippen molar-refractivity contribution in [3.05, 3.63) is 59.7 Å². The Morgan fingerprint density at radius 3 is 2.30 bits per heavy atom. The van der Waals surface area contributed by atoms with E-state index in [4.69, 9.17) is 9.47 Å². The third kappa shape index (κ3) is 5.84. The van der Waals surface area contributed by atoms with Crippen LogP contribution in [-0.4, -0.2) is 24.6 Å². The van der Waals surface area contributed by atoms with Crippen molar-refractivity contribution < 1.29 is 19.1 Å². The van der Waals surface area contributed by atoms with Crippen molar-refractivity contribution in [1.29, 1.82) is 0 Å². The summed E-state index contributed by atoms with van der Waals surface area (Å²) in [6, 6.07) is 14.3. The van der Waals surface area contributed by atoms with E-state index in [1.54, 1.807) is 31.2 Å². The number of hydrogen-bond acceptors (Lipinski definition) is 4. The van der Waals surface area contributed by atoms with Gasteiger partial charge in [0, 0.05) is 5.69 Å². The number of carbonyl (C=O) groups is 2. The lowest BCUT2D eigenvalue weighted by Crippen LogP contribution is -2.30. The van der Waals surface area contributed by atoms with E-state index in [2.05, 4.69) is 19.2 Å². The van der Waals surface area contributed by atoms with Crippen LogP contribution in [0.2, 0.25) is 0 Å². The van der Waals surface area contributed by atoms with Crippen molar-refractivity contribution in [2.45, 2.75) is 46.1 Å². The number of esters is 1. The SMILES string of the molecule is CCCOc1ccc(C(=O)O[C@@H](C)C(=O)Nc2ccccc2C(C)C)cc1. The van der Waals surface area contributed by atoms with E-state index in [0.717, 1.165) is 17.7 Å². The van der Waals surface area contributed by atoms with Crippen LogP contribution >= 0.6 is 0 Å². The van der Waals surface area contributed by atoms with Crippen molar-refractivity contribution in [3.8, 4) is 5.75 Å². The summed E-state index contributed by atoms with van der Waals surface area (Å²) >= 11 is 0. The van der Waals surface area contributed by atoms with E-state index < -0.39 is 12.1 Å². The summed E-state index contributed by atoms with van der Waals surface area (Å²) in [5.74, 6) is 0.0634. The van der Waals surface area contributed by atoms with Crippen molar-refractivity contribution >= 4 is 17.6 Å². The van der Waals surface area contributed by atoms with E-state index >= 15 is 0 Å². The Hall–Kier alpha value is -2.82. The van der Waals surface area contributed by atoms with Crippen LogP contribution in [0, 0.1) is 0 Å². The van der Waals surface area contributed by atoms with Gasteiger partial charge in [-0.25, -0.2) is 4.79 Å². The zero-order chi connectivity index (χ0) is 19.8. The zero-order valence-corrected chi connectivity index (χ0v) is 16.3. The molecule has 0 aliphatic heterocycles. The highest BCUT2D eigenvalue weighted by atomic mass is 16.5. The van der Waals surface area contributed by atoms with Gasteiger partial charge in [0.15, 0.2) is 6.10 Å². The molecule has 1 atom stereocenters. The quantitative estimate of drug-likeness (QED) is 0.680. The highest BCUT2D eigenvalue weighted by Crippen LogP contribution is 2.24. The lowest BCUT2D eigenvalue weighted by Gasteiger charge is -2.17. The second kappa shape index (κ2) is 9.76. The summed E-state index contributed by atoms with van der Waals surface area (Å²) < 4.78 is 10.8. The molecule has 0 radical (unpaired) electrons. The normalized spacial score (nSPS) is 11.7. The zero-order valence-electron chi connectivity index (χ0n) is 16.3. The van der Waals surface area contributed by atoms with Gasteiger partial charge in [-0.1, -0.05) is 39.0 Å². The molecule has 2 rings (SSSR count). The van der Waals surface area contributed by atoms with Gasteiger partial charge in [0.2, 0.25) is 0 Å². The number of carbonyl (C=O) groups excluding carboxylic acids is 2. The molecule has 2 aromatic carbocycles. The summed E-state index contributed by atoms with van der Waals surface area (Å²) in [5, 5.41) is 2.84. The van der Waals surface area contributed by atoms with Crippen molar-refractivity contribution in [1.82, 2.24) is 0 Å². The highest BCUT2D eigenvalue weighted by Gasteiger charge is 2.20.